The van der Waals surface area contributed by atoms with Crippen LogP contribution in [0.3, 0.4) is 0 Å². The Morgan fingerprint density at radius 3 is 2.91 bits per heavy atom. The number of rotatable bonds is 4. The molecule has 0 aliphatic carbocycles. The van der Waals surface area contributed by atoms with Gasteiger partial charge in [0.05, 0.1) is 6.10 Å². The summed E-state index contributed by atoms with van der Waals surface area (Å²) in [5, 5.41) is 12.2. The van der Waals surface area contributed by atoms with E-state index >= 15 is 0 Å². The summed E-state index contributed by atoms with van der Waals surface area (Å²) >= 11 is 0. The molecule has 0 bridgehead atoms. The molecule has 1 aliphatic heterocycles. The number of hydrogen-bond donors (Lipinski definition) is 2. The van der Waals surface area contributed by atoms with Crippen molar-refractivity contribution in [2.75, 3.05) is 25.0 Å². The molecule has 1 atom stereocenters. The second-order valence-corrected chi connectivity index (χ2v) is 6.21. The SMILES string of the molecule is Cc1cc(NC(=O)N2CCCC(CO)C2)ccc1OC(C)C. The van der Waals surface area contributed by atoms with Crippen LogP contribution in [0.25, 0.3) is 0 Å². The van der Waals surface area contributed by atoms with Gasteiger partial charge in [0, 0.05) is 25.4 Å². The summed E-state index contributed by atoms with van der Waals surface area (Å²) in [5.74, 6) is 1.04. The number of amides is 2. The monoisotopic (exact) mass is 306 g/mol. The van der Waals surface area contributed by atoms with E-state index in [1.807, 2.05) is 39.0 Å². The van der Waals surface area contributed by atoms with Crippen LogP contribution < -0.4 is 10.1 Å². The van der Waals surface area contributed by atoms with Crippen LogP contribution >= 0.6 is 0 Å². The minimum Gasteiger partial charge on any atom is -0.491 e. The van der Waals surface area contributed by atoms with E-state index in [2.05, 4.69) is 5.32 Å². The molecule has 2 N–H and O–H groups in total. The van der Waals surface area contributed by atoms with Crippen molar-refractivity contribution in [3.8, 4) is 5.75 Å². The zero-order valence-electron chi connectivity index (χ0n) is 13.6. The number of carbonyl (C=O) groups is 1. The Morgan fingerprint density at radius 2 is 2.27 bits per heavy atom. The lowest BCUT2D eigenvalue weighted by molar-refractivity contribution is 0.136. The molecule has 22 heavy (non-hydrogen) atoms. The molecule has 1 aliphatic rings. The molecular formula is C17H26N2O3. The van der Waals surface area contributed by atoms with Crippen molar-refractivity contribution in [2.24, 2.45) is 5.92 Å². The minimum atomic E-state index is -0.102. The quantitative estimate of drug-likeness (QED) is 0.899. The van der Waals surface area contributed by atoms with Gasteiger partial charge in [0.2, 0.25) is 0 Å². The fourth-order valence-corrected chi connectivity index (χ4v) is 2.71. The van der Waals surface area contributed by atoms with E-state index in [1.165, 1.54) is 0 Å². The van der Waals surface area contributed by atoms with Crippen LogP contribution in [-0.4, -0.2) is 41.8 Å². The van der Waals surface area contributed by atoms with Gasteiger partial charge in [0.1, 0.15) is 5.75 Å². The summed E-state index contributed by atoms with van der Waals surface area (Å²) in [5.41, 5.74) is 1.77. The van der Waals surface area contributed by atoms with Crippen LogP contribution in [0, 0.1) is 12.8 Å². The molecule has 5 nitrogen and oxygen atoms in total. The van der Waals surface area contributed by atoms with Crippen molar-refractivity contribution in [3.63, 3.8) is 0 Å². The summed E-state index contributed by atoms with van der Waals surface area (Å²) in [6.45, 7) is 7.46. The molecule has 1 fully saturated rings. The van der Waals surface area contributed by atoms with E-state index in [0.717, 1.165) is 36.4 Å². The Labute approximate surface area is 132 Å². The molecule has 2 amide bonds. The number of benzene rings is 1. The maximum atomic E-state index is 12.3. The predicted octanol–water partition coefficient (Wildman–Crippen LogP) is 3.02. The van der Waals surface area contributed by atoms with Crippen LogP contribution in [0.15, 0.2) is 18.2 Å². The van der Waals surface area contributed by atoms with Crippen molar-refractivity contribution in [1.29, 1.82) is 0 Å². The Bertz CT molecular complexity index is 517. The molecule has 1 aromatic rings. The van der Waals surface area contributed by atoms with Crippen LogP contribution in [0.4, 0.5) is 10.5 Å². The van der Waals surface area contributed by atoms with Crippen molar-refractivity contribution in [1.82, 2.24) is 4.90 Å². The molecule has 1 unspecified atom stereocenters. The fraction of sp³-hybridized carbons (Fsp3) is 0.588. The lowest BCUT2D eigenvalue weighted by Crippen LogP contribution is -2.43. The van der Waals surface area contributed by atoms with Crippen LogP contribution in [0.2, 0.25) is 0 Å². The maximum Gasteiger partial charge on any atom is 0.321 e. The lowest BCUT2D eigenvalue weighted by atomic mass is 9.99. The van der Waals surface area contributed by atoms with E-state index < -0.39 is 0 Å². The highest BCUT2D eigenvalue weighted by molar-refractivity contribution is 5.89. The van der Waals surface area contributed by atoms with Crippen molar-refractivity contribution in [3.05, 3.63) is 23.8 Å². The van der Waals surface area contributed by atoms with Gasteiger partial charge in [0.15, 0.2) is 0 Å². The van der Waals surface area contributed by atoms with Crippen molar-refractivity contribution in [2.45, 2.75) is 39.7 Å². The van der Waals surface area contributed by atoms with E-state index in [0.29, 0.717) is 6.54 Å². The van der Waals surface area contributed by atoms with Crippen LogP contribution in [0.1, 0.15) is 32.3 Å². The molecule has 122 valence electrons. The number of hydrogen-bond acceptors (Lipinski definition) is 3. The predicted molar refractivity (Wildman–Crippen MR) is 87.3 cm³/mol. The van der Waals surface area contributed by atoms with E-state index in [-0.39, 0.29) is 24.7 Å². The number of anilines is 1. The second-order valence-electron chi connectivity index (χ2n) is 6.21. The van der Waals surface area contributed by atoms with E-state index in [9.17, 15) is 9.90 Å². The standard InChI is InChI=1S/C17H26N2O3/c1-12(2)22-16-7-6-15(9-13(16)3)18-17(21)19-8-4-5-14(10-19)11-20/h6-7,9,12,14,20H,4-5,8,10-11H2,1-3H3,(H,18,21). The average molecular weight is 306 g/mol. The van der Waals surface area contributed by atoms with Gasteiger partial charge in [-0.15, -0.1) is 0 Å². The summed E-state index contributed by atoms with van der Waals surface area (Å²) in [6.07, 6.45) is 2.06. The van der Waals surface area contributed by atoms with Crippen molar-refractivity contribution < 1.29 is 14.6 Å². The minimum absolute atomic E-state index is 0.102. The number of likely N-dealkylation sites (tertiary alicyclic amines) is 1. The Balaban J connectivity index is 1.98. The summed E-state index contributed by atoms with van der Waals surface area (Å²) in [6, 6.07) is 5.56. The summed E-state index contributed by atoms with van der Waals surface area (Å²) < 4.78 is 5.70. The first kappa shape index (κ1) is 16.6. The number of carbonyl (C=O) groups excluding carboxylic acids is 1. The van der Waals surface area contributed by atoms with Gasteiger partial charge in [-0.3, -0.25) is 0 Å². The molecule has 0 spiro atoms. The number of ether oxygens (including phenoxy) is 1. The average Bonchev–Trinajstić information content (AvgIpc) is 2.49. The Hall–Kier alpha value is -1.75. The number of nitrogens with one attached hydrogen (secondary N) is 1. The maximum absolute atomic E-state index is 12.3. The third kappa shape index (κ3) is 4.37. The zero-order chi connectivity index (χ0) is 16.1. The highest BCUT2D eigenvalue weighted by Gasteiger charge is 2.23. The highest BCUT2D eigenvalue weighted by atomic mass is 16.5. The summed E-state index contributed by atoms with van der Waals surface area (Å²) in [4.78, 5) is 14.1. The molecule has 0 aromatic heterocycles. The first-order valence-corrected chi connectivity index (χ1v) is 7.93. The van der Waals surface area contributed by atoms with Gasteiger partial charge < -0.3 is 20.1 Å². The molecule has 1 heterocycles. The smallest absolute Gasteiger partial charge is 0.321 e. The first-order chi connectivity index (χ1) is 10.5. The molecule has 5 heteroatoms. The second kappa shape index (κ2) is 7.49. The topological polar surface area (TPSA) is 61.8 Å². The normalized spacial score (nSPS) is 18.4. The van der Waals surface area contributed by atoms with E-state index in [1.54, 1.807) is 4.90 Å². The molecule has 1 aromatic carbocycles. The number of urea groups is 1. The van der Waals surface area contributed by atoms with Crippen LogP contribution in [-0.2, 0) is 0 Å². The molecular weight excluding hydrogens is 280 g/mol. The Kier molecular flexibility index (Phi) is 5.66. The van der Waals surface area contributed by atoms with Gasteiger partial charge in [-0.2, -0.15) is 0 Å². The fourth-order valence-electron chi connectivity index (χ4n) is 2.71. The van der Waals surface area contributed by atoms with Gasteiger partial charge in [-0.05, 0) is 63.3 Å². The largest absolute Gasteiger partial charge is 0.491 e. The third-order valence-corrected chi connectivity index (χ3v) is 3.85. The number of piperidine rings is 1. The first-order valence-electron chi connectivity index (χ1n) is 7.93. The van der Waals surface area contributed by atoms with Gasteiger partial charge >= 0.3 is 6.03 Å². The number of aryl methyl sites for hydroxylation is 1. The lowest BCUT2D eigenvalue weighted by Gasteiger charge is -2.31. The zero-order valence-corrected chi connectivity index (χ0v) is 13.6. The Morgan fingerprint density at radius 1 is 1.50 bits per heavy atom. The molecule has 1 saturated heterocycles. The van der Waals surface area contributed by atoms with Gasteiger partial charge in [0.25, 0.3) is 0 Å². The number of aliphatic hydroxyl groups is 1. The molecule has 0 saturated carbocycles. The van der Waals surface area contributed by atoms with E-state index in [4.69, 9.17) is 4.74 Å². The van der Waals surface area contributed by atoms with Gasteiger partial charge in [-0.25, -0.2) is 4.79 Å². The molecule has 2 rings (SSSR count). The van der Waals surface area contributed by atoms with Crippen molar-refractivity contribution >= 4 is 11.7 Å². The van der Waals surface area contributed by atoms with Gasteiger partial charge in [-0.1, -0.05) is 0 Å². The third-order valence-electron chi connectivity index (χ3n) is 3.85. The van der Waals surface area contributed by atoms with Crippen LogP contribution in [0.5, 0.6) is 5.75 Å². The number of aliphatic hydroxyl groups excluding tert-OH is 1. The highest BCUT2D eigenvalue weighted by Crippen LogP contribution is 2.24. The molecule has 0 radical (unpaired) electrons. The number of nitrogens with zero attached hydrogens (tertiary/aromatic N) is 1. The summed E-state index contributed by atoms with van der Waals surface area (Å²) in [7, 11) is 0.